The van der Waals surface area contributed by atoms with Crippen molar-refractivity contribution in [1.29, 1.82) is 0 Å². The highest BCUT2D eigenvalue weighted by Crippen LogP contribution is 2.53. The molecule has 152 valence electrons. The van der Waals surface area contributed by atoms with Crippen molar-refractivity contribution in [2.24, 2.45) is 11.8 Å². The lowest BCUT2D eigenvalue weighted by Crippen LogP contribution is -2.65. The Balaban J connectivity index is 1.89. The maximum absolute atomic E-state index is 13.0. The first-order chi connectivity index (χ1) is 12.4. The molecule has 1 saturated carbocycles. The minimum absolute atomic E-state index is 0.0606. The van der Waals surface area contributed by atoms with Gasteiger partial charge in [0.1, 0.15) is 5.70 Å². The van der Waals surface area contributed by atoms with Gasteiger partial charge in [-0.3, -0.25) is 4.79 Å². The normalized spacial score (nSPS) is 32.1. The highest BCUT2D eigenvalue weighted by Gasteiger charge is 2.63. The molecule has 2 fully saturated rings. The van der Waals surface area contributed by atoms with Crippen LogP contribution in [0.1, 0.15) is 47.0 Å². The Morgan fingerprint density at radius 1 is 1.30 bits per heavy atom. The van der Waals surface area contributed by atoms with E-state index in [1.54, 1.807) is 7.11 Å². The number of hydrogen-bond acceptors (Lipinski definition) is 4. The Morgan fingerprint density at radius 2 is 1.93 bits per heavy atom. The van der Waals surface area contributed by atoms with Crippen LogP contribution < -0.4 is 0 Å². The second-order valence-electron chi connectivity index (χ2n) is 9.68. The van der Waals surface area contributed by atoms with Crippen LogP contribution >= 0.6 is 0 Å². The molecule has 2 heterocycles. The number of carbonyl (C=O) groups is 2. The fourth-order valence-electron chi connectivity index (χ4n) is 4.78. The molecule has 1 saturated heterocycles. The Hall–Kier alpha value is -1.18. The van der Waals surface area contributed by atoms with Crippen LogP contribution in [-0.2, 0) is 18.8 Å². The average molecular weight is 396 g/mol. The first kappa shape index (κ1) is 20.5. The number of β-lactam (4-membered cyclic amide) rings is 1. The van der Waals surface area contributed by atoms with E-state index in [0.29, 0.717) is 0 Å². The molecule has 1 aliphatic carbocycles. The van der Waals surface area contributed by atoms with E-state index in [1.165, 1.54) is 4.90 Å². The molecule has 1 amide bonds. The van der Waals surface area contributed by atoms with Gasteiger partial charge in [-0.25, -0.2) is 4.79 Å². The predicted molar refractivity (Wildman–Crippen MR) is 105 cm³/mol. The summed E-state index contributed by atoms with van der Waals surface area (Å²) < 4.78 is 12.1. The van der Waals surface area contributed by atoms with E-state index in [1.807, 2.05) is 6.92 Å². The summed E-state index contributed by atoms with van der Waals surface area (Å²) in [4.78, 5) is 26.5. The van der Waals surface area contributed by atoms with Crippen molar-refractivity contribution in [1.82, 2.24) is 4.90 Å². The molecule has 0 aromatic carbocycles. The van der Waals surface area contributed by atoms with E-state index < -0.39 is 14.3 Å². The minimum Gasteiger partial charge on any atom is -0.477 e. The molecule has 1 N–H and O–H groups in total. The number of carbonyl (C=O) groups excluding carboxylic acids is 1. The van der Waals surface area contributed by atoms with Crippen LogP contribution in [0, 0.1) is 11.8 Å². The molecular weight excluding hydrogens is 362 g/mol. The Kier molecular flexibility index (Phi) is 5.10. The van der Waals surface area contributed by atoms with E-state index in [2.05, 4.69) is 33.9 Å². The number of hydrogen-bond donors (Lipinski definition) is 1. The van der Waals surface area contributed by atoms with Crippen LogP contribution in [0.25, 0.3) is 0 Å². The molecule has 6 nitrogen and oxygen atoms in total. The summed E-state index contributed by atoms with van der Waals surface area (Å²) in [5, 5.41) is 9.85. The smallest absolute Gasteiger partial charge is 0.352 e. The standard InChI is InChI=1S/C20H33NO5Si/c1-11(26-27(6,7)20(2,3)4)14-16-12-9-8-10-13(25-5)15(12)17(19(23)24)21(16)18(14)22/h11-14,16H,8-10H2,1-7H3,(H,23,24)/t11?,12-,13-,14+,16+/m0/s1. The van der Waals surface area contributed by atoms with Crippen molar-refractivity contribution in [3.63, 3.8) is 0 Å². The molecule has 0 bridgehead atoms. The maximum atomic E-state index is 13.0. The number of carboxylic acids is 1. The molecule has 3 aliphatic rings. The highest BCUT2D eigenvalue weighted by molar-refractivity contribution is 6.74. The van der Waals surface area contributed by atoms with Gasteiger partial charge < -0.3 is 19.2 Å². The molecule has 7 heteroatoms. The zero-order valence-corrected chi connectivity index (χ0v) is 18.5. The van der Waals surface area contributed by atoms with Gasteiger partial charge in [-0.1, -0.05) is 20.8 Å². The van der Waals surface area contributed by atoms with Gasteiger partial charge >= 0.3 is 5.97 Å². The first-order valence-electron chi connectivity index (χ1n) is 9.93. The van der Waals surface area contributed by atoms with Crippen molar-refractivity contribution in [2.45, 2.75) is 83.3 Å². The molecule has 0 radical (unpaired) electrons. The molecule has 5 atom stereocenters. The number of amides is 1. The number of fused-ring (bicyclic) bond motifs is 3. The zero-order chi connectivity index (χ0) is 20.3. The summed E-state index contributed by atoms with van der Waals surface area (Å²) in [5.74, 6) is -1.33. The SMILES string of the molecule is CO[C@H]1CCC[C@H]2C1=C(C(=O)O)N1C(=O)[C@H](C(C)O[Si](C)(C)C(C)(C)C)[C@@H]21. The van der Waals surface area contributed by atoms with Gasteiger partial charge in [-0.2, -0.15) is 0 Å². The highest BCUT2D eigenvalue weighted by atomic mass is 28.4. The number of aliphatic carboxylic acids is 1. The summed E-state index contributed by atoms with van der Waals surface area (Å²) >= 11 is 0. The van der Waals surface area contributed by atoms with E-state index >= 15 is 0 Å². The molecule has 3 rings (SSSR count). The lowest BCUT2D eigenvalue weighted by atomic mass is 9.72. The summed E-state index contributed by atoms with van der Waals surface area (Å²) in [7, 11) is -0.392. The van der Waals surface area contributed by atoms with Crippen LogP contribution in [0.3, 0.4) is 0 Å². The van der Waals surface area contributed by atoms with Crippen LogP contribution in [0.15, 0.2) is 11.3 Å². The third-order valence-corrected chi connectivity index (χ3v) is 11.7. The average Bonchev–Trinajstić information content (AvgIpc) is 2.84. The molecule has 0 aromatic heterocycles. The lowest BCUT2D eigenvalue weighted by Gasteiger charge is -2.50. The van der Waals surface area contributed by atoms with Crippen molar-refractivity contribution in [3.8, 4) is 0 Å². The van der Waals surface area contributed by atoms with Crippen molar-refractivity contribution in [3.05, 3.63) is 11.3 Å². The van der Waals surface area contributed by atoms with E-state index in [4.69, 9.17) is 9.16 Å². The van der Waals surface area contributed by atoms with Crippen molar-refractivity contribution in [2.75, 3.05) is 7.11 Å². The van der Waals surface area contributed by atoms with Gasteiger partial charge in [-0.15, -0.1) is 0 Å². The topological polar surface area (TPSA) is 76.1 Å². The monoisotopic (exact) mass is 395 g/mol. The van der Waals surface area contributed by atoms with E-state index in [9.17, 15) is 14.7 Å². The number of ether oxygens (including phenoxy) is 1. The zero-order valence-electron chi connectivity index (χ0n) is 17.5. The van der Waals surface area contributed by atoms with E-state index in [0.717, 1.165) is 24.8 Å². The van der Waals surface area contributed by atoms with Gasteiger partial charge in [0.25, 0.3) is 0 Å². The molecular formula is C20H33NO5Si. The fourth-order valence-corrected chi connectivity index (χ4v) is 6.21. The largest absolute Gasteiger partial charge is 0.477 e. The summed E-state index contributed by atoms with van der Waals surface area (Å²) in [5.41, 5.74) is 0.981. The molecule has 2 aliphatic heterocycles. The lowest BCUT2D eigenvalue weighted by molar-refractivity contribution is -0.163. The molecule has 1 unspecified atom stereocenters. The van der Waals surface area contributed by atoms with Gasteiger partial charge in [0.15, 0.2) is 8.32 Å². The predicted octanol–water partition coefficient (Wildman–Crippen LogP) is 3.39. The molecule has 27 heavy (non-hydrogen) atoms. The van der Waals surface area contributed by atoms with Crippen LogP contribution in [-0.4, -0.2) is 55.6 Å². The first-order valence-corrected chi connectivity index (χ1v) is 12.8. The number of carboxylic acid groups (broad SMARTS) is 1. The summed E-state index contributed by atoms with van der Waals surface area (Å²) in [6, 6.07) is -0.101. The third kappa shape index (κ3) is 3.08. The summed E-state index contributed by atoms with van der Waals surface area (Å²) in [6.45, 7) is 12.9. The van der Waals surface area contributed by atoms with E-state index in [-0.39, 0.29) is 46.7 Å². The van der Waals surface area contributed by atoms with Crippen LogP contribution in [0.2, 0.25) is 18.1 Å². The second-order valence-corrected chi connectivity index (χ2v) is 14.4. The third-order valence-electron chi connectivity index (χ3n) is 7.12. The van der Waals surface area contributed by atoms with Crippen LogP contribution in [0.5, 0.6) is 0 Å². The van der Waals surface area contributed by atoms with Gasteiger partial charge in [0.05, 0.1) is 24.2 Å². The number of methoxy groups -OCH3 is 1. The molecule has 0 aromatic rings. The fraction of sp³-hybridized carbons (Fsp3) is 0.800. The van der Waals surface area contributed by atoms with Gasteiger partial charge in [-0.05, 0) is 49.9 Å². The number of rotatable bonds is 5. The van der Waals surface area contributed by atoms with Crippen molar-refractivity contribution >= 4 is 20.2 Å². The Bertz CT molecular complexity index is 680. The Morgan fingerprint density at radius 3 is 2.44 bits per heavy atom. The van der Waals surface area contributed by atoms with Gasteiger partial charge in [0, 0.05) is 13.0 Å². The second kappa shape index (κ2) is 6.71. The van der Waals surface area contributed by atoms with Crippen molar-refractivity contribution < 1.29 is 23.9 Å². The number of nitrogens with zero attached hydrogens (tertiary/aromatic N) is 1. The molecule has 0 spiro atoms. The minimum atomic E-state index is -2.01. The Labute approximate surface area is 163 Å². The van der Waals surface area contributed by atoms with Crippen LogP contribution in [0.4, 0.5) is 0 Å². The summed E-state index contributed by atoms with van der Waals surface area (Å²) in [6.07, 6.45) is 2.29. The van der Waals surface area contributed by atoms with Gasteiger partial charge in [0.2, 0.25) is 5.91 Å². The quantitative estimate of drug-likeness (QED) is 0.570. The maximum Gasteiger partial charge on any atom is 0.352 e.